The van der Waals surface area contributed by atoms with Crippen LogP contribution in [0.3, 0.4) is 0 Å². The monoisotopic (exact) mass is 216 g/mol. The molecule has 1 aliphatic carbocycles. The van der Waals surface area contributed by atoms with Gasteiger partial charge in [-0.3, -0.25) is 4.79 Å². The molecule has 16 heavy (non-hydrogen) atoms. The highest BCUT2D eigenvalue weighted by Gasteiger charge is 2.48. The molecule has 0 spiro atoms. The van der Waals surface area contributed by atoms with E-state index >= 15 is 0 Å². The second-order valence-electron chi connectivity index (χ2n) is 4.29. The lowest BCUT2D eigenvalue weighted by Gasteiger charge is -2.39. The van der Waals surface area contributed by atoms with Gasteiger partial charge in [0, 0.05) is 0 Å². The van der Waals surface area contributed by atoms with Gasteiger partial charge in [0.15, 0.2) is 0 Å². The van der Waals surface area contributed by atoms with E-state index in [1.807, 2.05) is 6.92 Å². The smallest absolute Gasteiger partial charge is 0.244 e. The average Bonchev–Trinajstić information content (AvgIpc) is 2.25. The van der Waals surface area contributed by atoms with E-state index in [4.69, 9.17) is 5.26 Å². The number of carbonyl (C=O) groups is 1. The average molecular weight is 216 g/mol. The van der Waals surface area contributed by atoms with E-state index in [2.05, 4.69) is 21.4 Å². The maximum absolute atomic E-state index is 11.9. The number of nitriles is 1. The summed E-state index contributed by atoms with van der Waals surface area (Å²) in [5.74, 6) is 0.195. The van der Waals surface area contributed by atoms with Crippen LogP contribution >= 0.6 is 0 Å². The van der Waals surface area contributed by atoms with Gasteiger partial charge in [-0.2, -0.15) is 5.26 Å². The zero-order valence-corrected chi connectivity index (χ0v) is 8.97. The highest BCUT2D eigenvalue weighted by Crippen LogP contribution is 2.45. The van der Waals surface area contributed by atoms with Crippen LogP contribution in [0.5, 0.6) is 0 Å². The van der Waals surface area contributed by atoms with Gasteiger partial charge in [0.1, 0.15) is 11.7 Å². The molecule has 0 radical (unpaired) electrons. The lowest BCUT2D eigenvalue weighted by molar-refractivity contribution is -0.128. The van der Waals surface area contributed by atoms with Crippen molar-refractivity contribution >= 4 is 11.6 Å². The first kappa shape index (κ1) is 10.6. The fraction of sp³-hybridized carbons (Fsp3) is 0.455. The number of rotatable bonds is 2. The number of hydrogen-bond donors (Lipinski definition) is 1. The lowest BCUT2D eigenvalue weighted by atomic mass is 9.63. The minimum atomic E-state index is -0.852. The van der Waals surface area contributed by atoms with Crippen LogP contribution in [0.25, 0.3) is 0 Å². The first-order valence-electron chi connectivity index (χ1n) is 5.14. The predicted octanol–water partition coefficient (Wildman–Crippen LogP) is 1.35. The number of amides is 1. The van der Waals surface area contributed by atoms with Gasteiger partial charge in [0.25, 0.3) is 0 Å². The van der Waals surface area contributed by atoms with E-state index < -0.39 is 5.41 Å². The second kappa shape index (κ2) is 3.89. The SMILES string of the molecule is CC1CC(C#N)(C(=O)Nc2cncnc2)C1. The summed E-state index contributed by atoms with van der Waals surface area (Å²) in [6, 6.07) is 2.11. The van der Waals surface area contributed by atoms with Gasteiger partial charge in [0.05, 0.1) is 24.2 Å². The van der Waals surface area contributed by atoms with E-state index in [0.29, 0.717) is 24.4 Å². The van der Waals surface area contributed by atoms with Crippen molar-refractivity contribution < 1.29 is 4.79 Å². The van der Waals surface area contributed by atoms with E-state index in [1.54, 1.807) is 0 Å². The van der Waals surface area contributed by atoms with Crippen LogP contribution < -0.4 is 5.32 Å². The zero-order valence-electron chi connectivity index (χ0n) is 8.97. The van der Waals surface area contributed by atoms with Gasteiger partial charge in [-0.25, -0.2) is 9.97 Å². The lowest BCUT2D eigenvalue weighted by Crippen LogP contribution is -2.45. The van der Waals surface area contributed by atoms with Crippen molar-refractivity contribution in [1.82, 2.24) is 9.97 Å². The van der Waals surface area contributed by atoms with Crippen LogP contribution in [-0.4, -0.2) is 15.9 Å². The van der Waals surface area contributed by atoms with E-state index in [1.165, 1.54) is 18.7 Å². The number of aromatic nitrogens is 2. The molecule has 0 aliphatic heterocycles. The van der Waals surface area contributed by atoms with Gasteiger partial charge < -0.3 is 5.32 Å². The van der Waals surface area contributed by atoms with Crippen LogP contribution in [0.15, 0.2) is 18.7 Å². The second-order valence-corrected chi connectivity index (χ2v) is 4.29. The van der Waals surface area contributed by atoms with E-state index in [0.717, 1.165) is 0 Å². The molecule has 1 amide bonds. The van der Waals surface area contributed by atoms with E-state index in [-0.39, 0.29) is 5.91 Å². The molecule has 0 bridgehead atoms. The highest BCUT2D eigenvalue weighted by atomic mass is 16.2. The van der Waals surface area contributed by atoms with Crippen LogP contribution in [0, 0.1) is 22.7 Å². The largest absolute Gasteiger partial charge is 0.322 e. The molecule has 5 nitrogen and oxygen atoms in total. The number of anilines is 1. The van der Waals surface area contributed by atoms with Crippen molar-refractivity contribution in [2.75, 3.05) is 5.32 Å². The van der Waals surface area contributed by atoms with Gasteiger partial charge >= 0.3 is 0 Å². The molecule has 1 aromatic heterocycles. The molecule has 0 atom stereocenters. The van der Waals surface area contributed by atoms with Crippen LogP contribution in [0.4, 0.5) is 5.69 Å². The Kier molecular flexibility index (Phi) is 2.57. The Morgan fingerprint density at radius 2 is 2.19 bits per heavy atom. The Labute approximate surface area is 93.5 Å². The van der Waals surface area contributed by atoms with Crippen molar-refractivity contribution in [2.45, 2.75) is 19.8 Å². The van der Waals surface area contributed by atoms with Crippen molar-refractivity contribution in [3.05, 3.63) is 18.7 Å². The van der Waals surface area contributed by atoms with Crippen molar-refractivity contribution in [3.63, 3.8) is 0 Å². The minimum Gasteiger partial charge on any atom is -0.322 e. The Bertz CT molecular complexity index is 431. The Hall–Kier alpha value is -1.96. The van der Waals surface area contributed by atoms with Crippen LogP contribution in [0.1, 0.15) is 19.8 Å². The normalized spacial score (nSPS) is 27.6. The molecule has 5 heteroatoms. The van der Waals surface area contributed by atoms with Gasteiger partial charge in [0.2, 0.25) is 5.91 Å². The fourth-order valence-corrected chi connectivity index (χ4v) is 2.07. The third kappa shape index (κ3) is 1.74. The molecule has 1 heterocycles. The summed E-state index contributed by atoms with van der Waals surface area (Å²) in [5, 5.41) is 11.7. The summed E-state index contributed by atoms with van der Waals surface area (Å²) < 4.78 is 0. The predicted molar refractivity (Wildman–Crippen MR) is 57.1 cm³/mol. The van der Waals surface area contributed by atoms with Gasteiger partial charge in [-0.05, 0) is 18.8 Å². The summed E-state index contributed by atoms with van der Waals surface area (Å²) in [5.41, 5.74) is -0.323. The van der Waals surface area contributed by atoms with Crippen molar-refractivity contribution in [1.29, 1.82) is 5.26 Å². The molecule has 1 fully saturated rings. The summed E-state index contributed by atoms with van der Waals surface area (Å²) in [4.78, 5) is 19.5. The first-order chi connectivity index (χ1) is 7.66. The molecular formula is C11H12N4O. The van der Waals surface area contributed by atoms with Crippen molar-refractivity contribution in [2.24, 2.45) is 11.3 Å². The number of carbonyl (C=O) groups excluding carboxylic acids is 1. The minimum absolute atomic E-state index is 0.247. The zero-order chi connectivity index (χ0) is 11.6. The molecule has 1 aromatic rings. The van der Waals surface area contributed by atoms with Crippen LogP contribution in [-0.2, 0) is 4.79 Å². The number of hydrogen-bond acceptors (Lipinski definition) is 4. The van der Waals surface area contributed by atoms with Crippen LogP contribution in [0.2, 0.25) is 0 Å². The number of nitrogens with zero attached hydrogens (tertiary/aromatic N) is 3. The maximum atomic E-state index is 11.9. The molecule has 1 N–H and O–H groups in total. The third-order valence-electron chi connectivity index (χ3n) is 2.86. The molecule has 1 saturated carbocycles. The molecule has 0 saturated heterocycles. The molecular weight excluding hydrogens is 204 g/mol. The summed E-state index contributed by atoms with van der Waals surface area (Å²) in [6.07, 6.45) is 5.67. The molecule has 82 valence electrons. The summed E-state index contributed by atoms with van der Waals surface area (Å²) in [6.45, 7) is 2.04. The fourth-order valence-electron chi connectivity index (χ4n) is 2.07. The molecule has 1 aliphatic rings. The summed E-state index contributed by atoms with van der Waals surface area (Å²) >= 11 is 0. The Balaban J connectivity index is 2.07. The van der Waals surface area contributed by atoms with Gasteiger partial charge in [-0.1, -0.05) is 6.92 Å². The topological polar surface area (TPSA) is 78.7 Å². The molecule has 0 unspecified atom stereocenters. The standard InChI is InChI=1S/C11H12N4O/c1-8-2-11(3-8,6-12)10(16)15-9-4-13-7-14-5-9/h4-5,7-8H,2-3H2,1H3,(H,15,16). The Morgan fingerprint density at radius 1 is 1.56 bits per heavy atom. The highest BCUT2D eigenvalue weighted by molar-refractivity contribution is 5.97. The summed E-state index contributed by atoms with van der Waals surface area (Å²) in [7, 11) is 0. The van der Waals surface area contributed by atoms with E-state index in [9.17, 15) is 4.79 Å². The van der Waals surface area contributed by atoms with Crippen molar-refractivity contribution in [3.8, 4) is 6.07 Å². The quantitative estimate of drug-likeness (QED) is 0.809. The molecule has 0 aromatic carbocycles. The number of nitrogens with one attached hydrogen (secondary N) is 1. The first-order valence-corrected chi connectivity index (χ1v) is 5.14. The third-order valence-corrected chi connectivity index (χ3v) is 2.86. The Morgan fingerprint density at radius 3 is 2.69 bits per heavy atom. The maximum Gasteiger partial charge on any atom is 0.244 e. The molecule has 2 rings (SSSR count). The van der Waals surface area contributed by atoms with Gasteiger partial charge in [-0.15, -0.1) is 0 Å².